The topological polar surface area (TPSA) is 105 Å². The van der Waals surface area contributed by atoms with Crippen LogP contribution < -0.4 is 10.6 Å². The fraction of sp³-hybridized carbons (Fsp3) is 0.444. The van der Waals surface area contributed by atoms with Crippen molar-refractivity contribution in [3.05, 3.63) is 59.7 Å². The SMILES string of the molecule is CC1(C(=O)O)CCCC1NC(=O)C1(CNC(=O)OCC2c3ccccc3-c3ccccc32)CC1. The van der Waals surface area contributed by atoms with Crippen LogP contribution in [-0.2, 0) is 14.3 Å². The number of alkyl carbamates (subject to hydrolysis) is 1. The summed E-state index contributed by atoms with van der Waals surface area (Å²) in [6, 6.07) is 15.9. The second kappa shape index (κ2) is 8.46. The van der Waals surface area contributed by atoms with Crippen molar-refractivity contribution < 1.29 is 24.2 Å². The summed E-state index contributed by atoms with van der Waals surface area (Å²) >= 11 is 0. The van der Waals surface area contributed by atoms with Crippen molar-refractivity contribution in [1.82, 2.24) is 10.6 Å². The van der Waals surface area contributed by atoms with Crippen LogP contribution >= 0.6 is 0 Å². The average molecular weight is 463 g/mol. The van der Waals surface area contributed by atoms with Gasteiger partial charge in [0.2, 0.25) is 5.91 Å². The second-order valence-electron chi connectivity index (χ2n) is 10.1. The minimum atomic E-state index is -0.939. The van der Waals surface area contributed by atoms with Crippen LogP contribution in [0.3, 0.4) is 0 Å². The van der Waals surface area contributed by atoms with Crippen molar-refractivity contribution in [3.63, 3.8) is 0 Å². The van der Waals surface area contributed by atoms with Gasteiger partial charge in [-0.3, -0.25) is 9.59 Å². The monoisotopic (exact) mass is 462 g/mol. The van der Waals surface area contributed by atoms with Crippen LogP contribution in [0, 0.1) is 10.8 Å². The molecule has 5 rings (SSSR count). The third-order valence-electron chi connectivity index (χ3n) is 8.00. The Morgan fingerprint density at radius 1 is 1.00 bits per heavy atom. The van der Waals surface area contributed by atoms with Crippen LogP contribution in [0.5, 0.6) is 0 Å². The van der Waals surface area contributed by atoms with Gasteiger partial charge in [-0.15, -0.1) is 0 Å². The highest BCUT2D eigenvalue weighted by atomic mass is 16.5. The number of carboxylic acids is 1. The smallest absolute Gasteiger partial charge is 0.407 e. The molecule has 0 bridgehead atoms. The Bertz CT molecular complexity index is 1100. The van der Waals surface area contributed by atoms with Crippen LogP contribution in [0.2, 0.25) is 0 Å². The predicted octanol–water partition coefficient (Wildman–Crippen LogP) is 4.06. The Morgan fingerprint density at radius 2 is 1.62 bits per heavy atom. The lowest BCUT2D eigenvalue weighted by Crippen LogP contribution is -2.50. The molecule has 2 atom stereocenters. The van der Waals surface area contributed by atoms with Crippen molar-refractivity contribution in [2.45, 2.75) is 51.0 Å². The van der Waals surface area contributed by atoms with Gasteiger partial charge >= 0.3 is 12.1 Å². The molecule has 2 aromatic rings. The van der Waals surface area contributed by atoms with Gasteiger partial charge in [0.1, 0.15) is 6.61 Å². The number of carboxylic acid groups (broad SMARTS) is 1. The first kappa shape index (κ1) is 22.4. The van der Waals surface area contributed by atoms with E-state index in [4.69, 9.17) is 4.74 Å². The van der Waals surface area contributed by atoms with Gasteiger partial charge in [0.05, 0.1) is 10.8 Å². The highest BCUT2D eigenvalue weighted by Crippen LogP contribution is 2.47. The van der Waals surface area contributed by atoms with E-state index >= 15 is 0 Å². The van der Waals surface area contributed by atoms with Crippen LogP contribution in [0.25, 0.3) is 11.1 Å². The van der Waals surface area contributed by atoms with Gasteiger partial charge in [0.25, 0.3) is 0 Å². The number of hydrogen-bond donors (Lipinski definition) is 3. The van der Waals surface area contributed by atoms with Crippen LogP contribution in [0.15, 0.2) is 48.5 Å². The number of aliphatic carboxylic acids is 1. The average Bonchev–Trinajstić information content (AvgIpc) is 3.45. The van der Waals surface area contributed by atoms with Crippen molar-refractivity contribution in [3.8, 4) is 11.1 Å². The van der Waals surface area contributed by atoms with Gasteiger partial charge < -0.3 is 20.5 Å². The molecular weight excluding hydrogens is 432 g/mol. The fourth-order valence-electron chi connectivity index (χ4n) is 5.49. The van der Waals surface area contributed by atoms with Gasteiger partial charge in [-0.05, 0) is 54.9 Å². The van der Waals surface area contributed by atoms with E-state index in [9.17, 15) is 19.5 Å². The number of amides is 2. The summed E-state index contributed by atoms with van der Waals surface area (Å²) in [4.78, 5) is 37.2. The Balaban J connectivity index is 1.17. The van der Waals surface area contributed by atoms with Gasteiger partial charge in [-0.1, -0.05) is 55.0 Å². The first-order chi connectivity index (χ1) is 16.3. The normalized spacial score (nSPS) is 24.1. The van der Waals surface area contributed by atoms with Crippen LogP contribution in [-0.4, -0.2) is 42.3 Å². The first-order valence-corrected chi connectivity index (χ1v) is 12.0. The third-order valence-corrected chi connectivity index (χ3v) is 8.00. The molecule has 0 radical (unpaired) electrons. The van der Waals surface area contributed by atoms with E-state index in [0.717, 1.165) is 17.5 Å². The number of hydrogen-bond acceptors (Lipinski definition) is 4. The molecule has 0 aromatic heterocycles. The standard InChI is InChI=1S/C27H30N2O5/c1-26(24(31)32)12-6-11-22(26)29-23(30)27(13-14-27)16-28-25(33)34-15-21-19-9-4-2-7-17(19)18-8-3-5-10-20(18)21/h2-5,7-10,21-22H,6,11-16H2,1H3,(H,28,33)(H,29,30)(H,31,32). The minimum Gasteiger partial charge on any atom is -0.481 e. The highest BCUT2D eigenvalue weighted by molar-refractivity contribution is 5.87. The molecule has 3 aliphatic carbocycles. The summed E-state index contributed by atoms with van der Waals surface area (Å²) in [6.45, 7) is 2.10. The van der Waals surface area contributed by atoms with E-state index in [1.807, 2.05) is 24.3 Å². The van der Waals surface area contributed by atoms with E-state index in [1.165, 1.54) is 11.1 Å². The molecule has 178 valence electrons. The van der Waals surface area contributed by atoms with Crippen molar-refractivity contribution in [2.75, 3.05) is 13.2 Å². The lowest BCUT2D eigenvalue weighted by atomic mass is 9.84. The Labute approximate surface area is 198 Å². The third kappa shape index (κ3) is 3.83. The number of fused-ring (bicyclic) bond motifs is 3. The molecule has 7 nitrogen and oxygen atoms in total. The van der Waals surface area contributed by atoms with Crippen LogP contribution in [0.4, 0.5) is 4.79 Å². The molecule has 0 spiro atoms. The highest BCUT2D eigenvalue weighted by Gasteiger charge is 2.53. The van der Waals surface area contributed by atoms with Gasteiger partial charge in [-0.2, -0.15) is 0 Å². The zero-order valence-electron chi connectivity index (χ0n) is 19.3. The first-order valence-electron chi connectivity index (χ1n) is 12.0. The lowest BCUT2D eigenvalue weighted by molar-refractivity contribution is -0.149. The summed E-state index contributed by atoms with van der Waals surface area (Å²) < 4.78 is 5.58. The molecule has 2 saturated carbocycles. The molecule has 0 heterocycles. The molecule has 34 heavy (non-hydrogen) atoms. The quantitative estimate of drug-likeness (QED) is 0.576. The predicted molar refractivity (Wildman–Crippen MR) is 126 cm³/mol. The molecule has 2 fully saturated rings. The molecule has 3 N–H and O–H groups in total. The number of carbonyl (C=O) groups excluding carboxylic acids is 2. The molecule has 0 saturated heterocycles. The molecule has 7 heteroatoms. The van der Waals surface area contributed by atoms with Crippen molar-refractivity contribution >= 4 is 18.0 Å². The van der Waals surface area contributed by atoms with Gasteiger partial charge in [0, 0.05) is 18.5 Å². The van der Waals surface area contributed by atoms with E-state index in [-0.39, 0.29) is 31.0 Å². The van der Waals surface area contributed by atoms with Gasteiger partial charge in [-0.25, -0.2) is 4.79 Å². The Kier molecular flexibility index (Phi) is 5.58. The zero-order valence-corrected chi connectivity index (χ0v) is 19.3. The van der Waals surface area contributed by atoms with Gasteiger partial charge in [0.15, 0.2) is 0 Å². The fourth-order valence-corrected chi connectivity index (χ4v) is 5.49. The number of ether oxygens (including phenoxy) is 1. The summed E-state index contributed by atoms with van der Waals surface area (Å²) in [6.07, 6.45) is 2.77. The second-order valence-corrected chi connectivity index (χ2v) is 10.1. The van der Waals surface area contributed by atoms with E-state index < -0.39 is 22.9 Å². The number of carbonyl (C=O) groups is 3. The van der Waals surface area contributed by atoms with Crippen LogP contribution in [0.1, 0.15) is 56.1 Å². The molecule has 3 aliphatic rings. The van der Waals surface area contributed by atoms with Crippen molar-refractivity contribution in [1.29, 1.82) is 0 Å². The summed E-state index contributed by atoms with van der Waals surface area (Å²) in [5.74, 6) is -1.07. The Morgan fingerprint density at radius 3 is 2.21 bits per heavy atom. The number of rotatable bonds is 7. The zero-order chi connectivity index (χ0) is 23.9. The summed E-state index contributed by atoms with van der Waals surface area (Å²) in [5.41, 5.74) is 3.02. The largest absolute Gasteiger partial charge is 0.481 e. The Hall–Kier alpha value is -3.35. The molecule has 0 aliphatic heterocycles. The van der Waals surface area contributed by atoms with E-state index in [1.54, 1.807) is 6.92 Å². The van der Waals surface area contributed by atoms with Crippen molar-refractivity contribution in [2.24, 2.45) is 10.8 Å². The maximum Gasteiger partial charge on any atom is 0.407 e. The lowest BCUT2D eigenvalue weighted by Gasteiger charge is -2.29. The molecule has 2 unspecified atom stereocenters. The molecule has 2 amide bonds. The number of nitrogens with one attached hydrogen (secondary N) is 2. The van der Waals surface area contributed by atoms with E-state index in [0.29, 0.717) is 25.7 Å². The molecule has 2 aromatic carbocycles. The summed E-state index contributed by atoms with van der Waals surface area (Å²) in [5, 5.41) is 15.3. The van der Waals surface area contributed by atoms with E-state index in [2.05, 4.69) is 34.9 Å². The summed E-state index contributed by atoms with van der Waals surface area (Å²) in [7, 11) is 0. The number of benzene rings is 2. The maximum absolute atomic E-state index is 13.0. The maximum atomic E-state index is 13.0. The minimum absolute atomic E-state index is 0.0209. The molecular formula is C27H30N2O5.